The molecule has 7 heteroatoms. The van der Waals surface area contributed by atoms with E-state index in [0.717, 1.165) is 23.4 Å². The molecule has 0 saturated heterocycles. The van der Waals surface area contributed by atoms with E-state index < -0.39 is 0 Å². The molecule has 1 amide bonds. The number of aryl methyl sites for hydroxylation is 2. The lowest BCUT2D eigenvalue weighted by Crippen LogP contribution is -2.13. The summed E-state index contributed by atoms with van der Waals surface area (Å²) in [5, 5.41) is 18.1. The molecule has 6 nitrogen and oxygen atoms in total. The minimum absolute atomic E-state index is 0.00293. The highest BCUT2D eigenvalue weighted by molar-refractivity contribution is 7.07. The van der Waals surface area contributed by atoms with Crippen molar-refractivity contribution in [3.05, 3.63) is 52.5 Å². The molecule has 3 aromatic rings. The van der Waals surface area contributed by atoms with Gasteiger partial charge in [-0.3, -0.25) is 4.79 Å². The Labute approximate surface area is 131 Å². The van der Waals surface area contributed by atoms with Gasteiger partial charge in [0.05, 0.1) is 5.69 Å². The number of amides is 1. The molecule has 2 heterocycles. The zero-order chi connectivity index (χ0) is 15.4. The van der Waals surface area contributed by atoms with E-state index in [0.29, 0.717) is 6.42 Å². The Hall–Kier alpha value is -2.54. The van der Waals surface area contributed by atoms with E-state index in [1.165, 1.54) is 11.9 Å². The number of aromatic nitrogens is 4. The molecule has 0 bridgehead atoms. The summed E-state index contributed by atoms with van der Waals surface area (Å²) in [6, 6.07) is 7.76. The number of hydrogen-bond donors (Lipinski definition) is 1. The second-order valence-electron chi connectivity index (χ2n) is 4.93. The zero-order valence-electron chi connectivity index (χ0n) is 12.1. The highest BCUT2D eigenvalue weighted by atomic mass is 32.1. The number of tetrazole rings is 1. The Bertz CT molecular complexity index is 752. The average molecular weight is 313 g/mol. The summed E-state index contributed by atoms with van der Waals surface area (Å²) >= 11 is 1.64. The SMILES string of the molecule is Cc1ccc(-n2cnnn2)cc1NC(=O)CCc1ccsc1. The topological polar surface area (TPSA) is 72.7 Å². The smallest absolute Gasteiger partial charge is 0.224 e. The van der Waals surface area contributed by atoms with Crippen LogP contribution in [0.1, 0.15) is 17.5 Å². The summed E-state index contributed by atoms with van der Waals surface area (Å²) in [6.45, 7) is 1.96. The third-order valence-electron chi connectivity index (χ3n) is 3.33. The number of benzene rings is 1. The molecule has 0 aliphatic rings. The molecule has 0 radical (unpaired) electrons. The maximum absolute atomic E-state index is 12.1. The molecule has 1 aromatic carbocycles. The Morgan fingerprint density at radius 2 is 2.27 bits per heavy atom. The fraction of sp³-hybridized carbons (Fsp3) is 0.200. The van der Waals surface area contributed by atoms with Gasteiger partial charge in [-0.1, -0.05) is 6.07 Å². The standard InChI is InChI=1S/C15H15N5OS/c1-11-2-4-13(20-10-16-18-19-20)8-14(11)17-15(21)5-3-12-6-7-22-9-12/h2,4,6-10H,3,5H2,1H3,(H,17,21). The fourth-order valence-corrected chi connectivity index (χ4v) is 2.78. The summed E-state index contributed by atoms with van der Waals surface area (Å²) in [7, 11) is 0. The average Bonchev–Trinajstić information content (AvgIpc) is 3.21. The van der Waals surface area contributed by atoms with Crippen molar-refractivity contribution in [2.45, 2.75) is 19.8 Å². The van der Waals surface area contributed by atoms with Gasteiger partial charge in [0.15, 0.2) is 0 Å². The number of thiophene rings is 1. The molecule has 0 fully saturated rings. The van der Waals surface area contributed by atoms with E-state index in [2.05, 4.69) is 26.2 Å². The van der Waals surface area contributed by atoms with Gasteiger partial charge in [0.25, 0.3) is 0 Å². The highest BCUT2D eigenvalue weighted by Gasteiger charge is 2.08. The molecule has 3 rings (SSSR count). The number of anilines is 1. The lowest BCUT2D eigenvalue weighted by atomic mass is 10.1. The van der Waals surface area contributed by atoms with Crippen molar-refractivity contribution in [3.63, 3.8) is 0 Å². The van der Waals surface area contributed by atoms with Gasteiger partial charge < -0.3 is 5.32 Å². The van der Waals surface area contributed by atoms with Crippen LogP contribution < -0.4 is 5.32 Å². The molecule has 0 aliphatic heterocycles. The van der Waals surface area contributed by atoms with Crippen LogP contribution in [0.3, 0.4) is 0 Å². The molecule has 0 atom stereocenters. The van der Waals surface area contributed by atoms with Gasteiger partial charge in [-0.15, -0.1) is 5.10 Å². The zero-order valence-corrected chi connectivity index (χ0v) is 12.9. The molecule has 2 aromatic heterocycles. The van der Waals surface area contributed by atoms with Crippen molar-refractivity contribution in [1.82, 2.24) is 20.2 Å². The molecule has 112 valence electrons. The van der Waals surface area contributed by atoms with Crippen LogP contribution in [0.5, 0.6) is 0 Å². The van der Waals surface area contributed by atoms with E-state index in [-0.39, 0.29) is 5.91 Å². The minimum atomic E-state index is 0.00293. The van der Waals surface area contributed by atoms with Crippen LogP contribution in [0.4, 0.5) is 5.69 Å². The van der Waals surface area contributed by atoms with Crippen molar-refractivity contribution >= 4 is 22.9 Å². The van der Waals surface area contributed by atoms with E-state index in [4.69, 9.17) is 0 Å². The maximum atomic E-state index is 12.1. The summed E-state index contributed by atoms with van der Waals surface area (Å²) in [4.78, 5) is 12.1. The van der Waals surface area contributed by atoms with Crippen molar-refractivity contribution in [1.29, 1.82) is 0 Å². The summed E-state index contributed by atoms with van der Waals surface area (Å²) in [5.74, 6) is 0.00293. The fourth-order valence-electron chi connectivity index (χ4n) is 2.07. The number of nitrogens with zero attached hydrogens (tertiary/aromatic N) is 4. The number of rotatable bonds is 5. The Kier molecular flexibility index (Phi) is 4.24. The van der Waals surface area contributed by atoms with Crippen LogP contribution in [0.15, 0.2) is 41.4 Å². The molecule has 0 spiro atoms. The van der Waals surface area contributed by atoms with E-state index in [1.54, 1.807) is 16.0 Å². The van der Waals surface area contributed by atoms with Crippen molar-refractivity contribution in [2.75, 3.05) is 5.32 Å². The van der Waals surface area contributed by atoms with Gasteiger partial charge in [-0.2, -0.15) is 11.3 Å². The van der Waals surface area contributed by atoms with Gasteiger partial charge in [-0.05, 0) is 63.9 Å². The third kappa shape index (κ3) is 3.37. The molecule has 1 N–H and O–H groups in total. The second-order valence-corrected chi connectivity index (χ2v) is 5.71. The van der Waals surface area contributed by atoms with Crippen LogP contribution in [0.25, 0.3) is 5.69 Å². The monoisotopic (exact) mass is 313 g/mol. The molecule has 0 aliphatic carbocycles. The number of carbonyl (C=O) groups excluding carboxylic acids is 1. The first-order valence-electron chi connectivity index (χ1n) is 6.87. The lowest BCUT2D eigenvalue weighted by Gasteiger charge is -2.10. The molecule has 0 saturated carbocycles. The van der Waals surface area contributed by atoms with Crippen LogP contribution in [0, 0.1) is 6.92 Å². The Morgan fingerprint density at radius 3 is 3.00 bits per heavy atom. The summed E-state index contributed by atoms with van der Waals surface area (Å²) < 4.78 is 1.56. The second kappa shape index (κ2) is 6.48. The summed E-state index contributed by atoms with van der Waals surface area (Å²) in [5.41, 5.74) is 3.78. The molecule has 0 unspecified atom stereocenters. The Balaban J connectivity index is 1.68. The third-order valence-corrected chi connectivity index (χ3v) is 4.06. The van der Waals surface area contributed by atoms with Crippen molar-refractivity contribution < 1.29 is 4.79 Å². The molecular formula is C15H15N5OS. The number of hydrogen-bond acceptors (Lipinski definition) is 5. The first kappa shape index (κ1) is 14.4. The first-order chi connectivity index (χ1) is 10.7. The van der Waals surface area contributed by atoms with E-state index >= 15 is 0 Å². The largest absolute Gasteiger partial charge is 0.326 e. The van der Waals surface area contributed by atoms with Gasteiger partial charge >= 0.3 is 0 Å². The van der Waals surface area contributed by atoms with Gasteiger partial charge in [0.1, 0.15) is 6.33 Å². The quantitative estimate of drug-likeness (QED) is 0.786. The predicted molar refractivity (Wildman–Crippen MR) is 85.2 cm³/mol. The normalized spacial score (nSPS) is 10.6. The number of nitrogens with one attached hydrogen (secondary N) is 1. The van der Waals surface area contributed by atoms with Crippen LogP contribution in [-0.2, 0) is 11.2 Å². The van der Waals surface area contributed by atoms with Crippen LogP contribution in [-0.4, -0.2) is 26.1 Å². The van der Waals surface area contributed by atoms with Crippen molar-refractivity contribution in [3.8, 4) is 5.69 Å². The van der Waals surface area contributed by atoms with Crippen LogP contribution in [0.2, 0.25) is 0 Å². The maximum Gasteiger partial charge on any atom is 0.224 e. The van der Waals surface area contributed by atoms with E-state index in [1.807, 2.05) is 36.6 Å². The highest BCUT2D eigenvalue weighted by Crippen LogP contribution is 2.19. The van der Waals surface area contributed by atoms with E-state index in [9.17, 15) is 4.79 Å². The molecular weight excluding hydrogens is 298 g/mol. The summed E-state index contributed by atoms with van der Waals surface area (Å²) in [6.07, 6.45) is 2.74. The van der Waals surface area contributed by atoms with Gasteiger partial charge in [-0.25, -0.2) is 4.68 Å². The Morgan fingerprint density at radius 1 is 1.36 bits per heavy atom. The molecule has 22 heavy (non-hydrogen) atoms. The first-order valence-corrected chi connectivity index (χ1v) is 7.81. The van der Waals surface area contributed by atoms with Crippen LogP contribution >= 0.6 is 11.3 Å². The van der Waals surface area contributed by atoms with Gasteiger partial charge in [0.2, 0.25) is 5.91 Å². The van der Waals surface area contributed by atoms with Crippen molar-refractivity contribution in [2.24, 2.45) is 0 Å². The predicted octanol–water partition coefficient (Wildman–Crippen LogP) is 2.60. The lowest BCUT2D eigenvalue weighted by molar-refractivity contribution is -0.116. The minimum Gasteiger partial charge on any atom is -0.326 e. The van der Waals surface area contributed by atoms with Gasteiger partial charge in [0, 0.05) is 12.1 Å². The number of carbonyl (C=O) groups is 1.